The van der Waals surface area contributed by atoms with Crippen LogP contribution >= 0.6 is 0 Å². The first-order chi connectivity index (χ1) is 15.0. The summed E-state index contributed by atoms with van der Waals surface area (Å²) < 4.78 is 1.82. The van der Waals surface area contributed by atoms with Crippen molar-refractivity contribution in [3.8, 4) is 0 Å². The first-order valence-corrected chi connectivity index (χ1v) is 12.5. The lowest BCUT2D eigenvalue weighted by Crippen LogP contribution is -2.53. The number of aryl methyl sites for hydroxylation is 1. The van der Waals surface area contributed by atoms with Gasteiger partial charge < -0.3 is 10.6 Å². The van der Waals surface area contributed by atoms with E-state index in [2.05, 4.69) is 41.7 Å². The van der Waals surface area contributed by atoms with Crippen LogP contribution in [0.15, 0.2) is 12.4 Å². The molecule has 0 unspecified atom stereocenters. The predicted octanol–water partition coefficient (Wildman–Crippen LogP) is 4.32. The Morgan fingerprint density at radius 2 is 1.69 bits per heavy atom. The van der Waals surface area contributed by atoms with Gasteiger partial charge in [0.25, 0.3) is 0 Å². The van der Waals surface area contributed by atoms with E-state index in [1.807, 2.05) is 38.6 Å². The molecule has 0 aromatic carbocycles. The van der Waals surface area contributed by atoms with Crippen molar-refractivity contribution in [1.29, 1.82) is 0 Å². The number of hydrogen-bond donors (Lipinski definition) is 2. The number of Topliss-reactive ketones (excluding diaryl/α,β-unsaturated/α-hetero) is 2. The van der Waals surface area contributed by atoms with E-state index in [0.29, 0.717) is 13.0 Å². The fourth-order valence-corrected chi connectivity index (χ4v) is 4.39. The van der Waals surface area contributed by atoms with E-state index in [1.54, 1.807) is 6.20 Å². The van der Waals surface area contributed by atoms with Crippen molar-refractivity contribution in [2.45, 2.75) is 123 Å². The number of carbonyl (C=O) groups is 2. The number of nitrogens with zero attached hydrogens (tertiary/aromatic N) is 3. The molecule has 184 valence electrons. The Kier molecular flexibility index (Phi) is 12.3. The SMILES string of the molecule is CCCC[C@](C)(NC(C)C)C(=O)CCCN[C@@](C)(CCCCn1ccnn1)C(=O)C(C)C. The molecular formula is C25H47N5O2. The van der Waals surface area contributed by atoms with Crippen LogP contribution in [-0.4, -0.2) is 50.2 Å². The highest BCUT2D eigenvalue weighted by Crippen LogP contribution is 2.22. The van der Waals surface area contributed by atoms with E-state index in [0.717, 1.165) is 51.5 Å². The van der Waals surface area contributed by atoms with Crippen LogP contribution < -0.4 is 10.6 Å². The molecule has 1 rings (SSSR count). The van der Waals surface area contributed by atoms with E-state index in [9.17, 15) is 9.59 Å². The van der Waals surface area contributed by atoms with Crippen molar-refractivity contribution in [3.05, 3.63) is 12.4 Å². The normalized spacial score (nSPS) is 15.7. The minimum absolute atomic E-state index is 0.0305. The van der Waals surface area contributed by atoms with Gasteiger partial charge in [-0.25, -0.2) is 0 Å². The summed E-state index contributed by atoms with van der Waals surface area (Å²) in [6, 6.07) is 0.267. The van der Waals surface area contributed by atoms with Crippen LogP contribution in [0.25, 0.3) is 0 Å². The topological polar surface area (TPSA) is 88.9 Å². The molecule has 0 aliphatic rings. The molecule has 32 heavy (non-hydrogen) atoms. The molecule has 1 aromatic heterocycles. The highest BCUT2D eigenvalue weighted by Gasteiger charge is 2.34. The highest BCUT2D eigenvalue weighted by atomic mass is 16.1. The van der Waals surface area contributed by atoms with Crippen molar-refractivity contribution in [2.75, 3.05) is 6.54 Å². The van der Waals surface area contributed by atoms with Crippen molar-refractivity contribution < 1.29 is 9.59 Å². The van der Waals surface area contributed by atoms with Crippen LogP contribution in [0.4, 0.5) is 0 Å². The van der Waals surface area contributed by atoms with E-state index in [-0.39, 0.29) is 23.5 Å². The summed E-state index contributed by atoms with van der Waals surface area (Å²) in [6.45, 7) is 15.8. The molecule has 0 spiro atoms. The van der Waals surface area contributed by atoms with Crippen molar-refractivity contribution in [1.82, 2.24) is 25.6 Å². The lowest BCUT2D eigenvalue weighted by molar-refractivity contribution is -0.128. The Balaban J connectivity index is 2.58. The third-order valence-electron chi connectivity index (χ3n) is 6.20. The number of hydrogen-bond acceptors (Lipinski definition) is 6. The maximum atomic E-state index is 13.0. The fourth-order valence-electron chi connectivity index (χ4n) is 4.39. The Morgan fingerprint density at radius 3 is 2.25 bits per heavy atom. The number of unbranched alkanes of at least 4 members (excludes halogenated alkanes) is 2. The zero-order chi connectivity index (χ0) is 24.2. The van der Waals surface area contributed by atoms with Gasteiger partial charge >= 0.3 is 0 Å². The fraction of sp³-hybridized carbons (Fsp3) is 0.840. The Bertz CT molecular complexity index is 674. The quantitative estimate of drug-likeness (QED) is 0.325. The number of aromatic nitrogens is 3. The number of carbonyl (C=O) groups excluding carboxylic acids is 2. The monoisotopic (exact) mass is 449 g/mol. The predicted molar refractivity (Wildman–Crippen MR) is 131 cm³/mol. The van der Waals surface area contributed by atoms with Crippen molar-refractivity contribution >= 4 is 11.6 Å². The van der Waals surface area contributed by atoms with Crippen molar-refractivity contribution in [3.63, 3.8) is 0 Å². The van der Waals surface area contributed by atoms with Gasteiger partial charge in [-0.15, -0.1) is 5.10 Å². The van der Waals surface area contributed by atoms with Gasteiger partial charge in [0.1, 0.15) is 0 Å². The van der Waals surface area contributed by atoms with Crippen molar-refractivity contribution in [2.24, 2.45) is 5.92 Å². The summed E-state index contributed by atoms with van der Waals surface area (Å²) >= 11 is 0. The van der Waals surface area contributed by atoms with Gasteiger partial charge in [-0.3, -0.25) is 14.3 Å². The molecule has 0 radical (unpaired) electrons. The minimum atomic E-state index is -0.568. The second-order valence-corrected chi connectivity index (χ2v) is 10.2. The lowest BCUT2D eigenvalue weighted by Gasteiger charge is -2.33. The minimum Gasteiger partial charge on any atom is -0.305 e. The summed E-state index contributed by atoms with van der Waals surface area (Å²) in [5, 5.41) is 14.8. The van der Waals surface area contributed by atoms with E-state index in [4.69, 9.17) is 0 Å². The molecule has 1 aromatic rings. The molecule has 7 heteroatoms. The van der Waals surface area contributed by atoms with E-state index in [1.165, 1.54) is 0 Å². The second-order valence-electron chi connectivity index (χ2n) is 10.2. The Labute approximate surface area is 195 Å². The maximum absolute atomic E-state index is 13.0. The number of rotatable bonds is 18. The zero-order valence-corrected chi connectivity index (χ0v) is 21.5. The molecule has 0 saturated heterocycles. The molecule has 0 aliphatic carbocycles. The molecule has 0 aliphatic heterocycles. The van der Waals surface area contributed by atoms with Gasteiger partial charge in [0.15, 0.2) is 11.6 Å². The molecule has 1 heterocycles. The van der Waals surface area contributed by atoms with Crippen LogP contribution in [0, 0.1) is 5.92 Å². The summed E-state index contributed by atoms with van der Waals surface area (Å²) in [4.78, 5) is 26.0. The largest absolute Gasteiger partial charge is 0.305 e. The van der Waals surface area contributed by atoms with E-state index >= 15 is 0 Å². The zero-order valence-electron chi connectivity index (χ0n) is 21.5. The molecule has 0 amide bonds. The van der Waals surface area contributed by atoms with Crippen LogP contribution in [-0.2, 0) is 16.1 Å². The average molecular weight is 450 g/mol. The summed E-state index contributed by atoms with van der Waals surface area (Å²) in [6.07, 6.45) is 10.4. The van der Waals surface area contributed by atoms with Gasteiger partial charge in [-0.05, 0) is 66.3 Å². The van der Waals surface area contributed by atoms with Gasteiger partial charge in [0.05, 0.1) is 17.3 Å². The van der Waals surface area contributed by atoms with E-state index < -0.39 is 11.1 Å². The third kappa shape index (κ3) is 9.49. The standard InChI is InChI=1S/C25H47N5O2/c1-8-9-14-24(6,28-21(4)5)22(31)13-12-16-26-25(7,23(32)20(2)3)15-10-11-18-30-19-17-27-29-30/h17,19-21,26,28H,8-16,18H2,1-7H3/t24-,25-/m0/s1. The molecule has 0 bridgehead atoms. The molecule has 0 fully saturated rings. The van der Waals surface area contributed by atoms with Gasteiger partial charge in [-0.1, -0.05) is 38.8 Å². The smallest absolute Gasteiger partial charge is 0.155 e. The molecule has 0 saturated carbocycles. The number of ketones is 2. The summed E-state index contributed by atoms with van der Waals surface area (Å²) in [5.74, 6) is 0.474. The first-order valence-electron chi connectivity index (χ1n) is 12.5. The Morgan fingerprint density at radius 1 is 1.00 bits per heavy atom. The Hall–Kier alpha value is -1.60. The van der Waals surface area contributed by atoms with Crippen LogP contribution in [0.3, 0.4) is 0 Å². The average Bonchev–Trinajstić information content (AvgIpc) is 3.25. The maximum Gasteiger partial charge on any atom is 0.155 e. The summed E-state index contributed by atoms with van der Waals surface area (Å²) in [5.41, 5.74) is -1.04. The van der Waals surface area contributed by atoms with Gasteiger partial charge in [0, 0.05) is 31.1 Å². The molecular weight excluding hydrogens is 402 g/mol. The molecule has 7 nitrogen and oxygen atoms in total. The highest BCUT2D eigenvalue weighted by molar-refractivity contribution is 5.89. The van der Waals surface area contributed by atoms with Crippen LogP contribution in [0.1, 0.15) is 99.8 Å². The molecule has 2 N–H and O–H groups in total. The second kappa shape index (κ2) is 13.8. The third-order valence-corrected chi connectivity index (χ3v) is 6.20. The summed E-state index contributed by atoms with van der Waals surface area (Å²) in [7, 11) is 0. The molecule has 2 atom stereocenters. The van der Waals surface area contributed by atoms with Crippen LogP contribution in [0.2, 0.25) is 0 Å². The number of nitrogens with one attached hydrogen (secondary N) is 2. The first kappa shape index (κ1) is 28.4. The van der Waals surface area contributed by atoms with Gasteiger partial charge in [-0.2, -0.15) is 0 Å². The van der Waals surface area contributed by atoms with Crippen LogP contribution in [0.5, 0.6) is 0 Å². The lowest BCUT2D eigenvalue weighted by atomic mass is 9.84. The van der Waals surface area contributed by atoms with Gasteiger partial charge in [0.2, 0.25) is 0 Å².